The summed E-state index contributed by atoms with van der Waals surface area (Å²) in [6, 6.07) is 24.6. The molecule has 43 heavy (non-hydrogen) atoms. The second-order valence-electron chi connectivity index (χ2n) is 11.7. The number of nitrogens with two attached hydrogens (primary N) is 1. The van der Waals surface area contributed by atoms with Gasteiger partial charge in [-0.1, -0.05) is 67.6 Å². The van der Waals surface area contributed by atoms with Crippen LogP contribution in [0.3, 0.4) is 0 Å². The average molecular weight is 580 g/mol. The molecule has 2 atom stereocenters. The number of aliphatic imine (C=N–C) groups is 1. The molecule has 4 N–H and O–H groups in total. The Morgan fingerprint density at radius 2 is 1.44 bits per heavy atom. The highest BCUT2D eigenvalue weighted by Crippen LogP contribution is 2.43. The van der Waals surface area contributed by atoms with Gasteiger partial charge in [0.15, 0.2) is 0 Å². The summed E-state index contributed by atoms with van der Waals surface area (Å²) in [5.41, 5.74) is 12.4. The van der Waals surface area contributed by atoms with E-state index in [1.807, 2.05) is 30.3 Å². The van der Waals surface area contributed by atoms with Crippen molar-refractivity contribution in [3.63, 3.8) is 0 Å². The second-order valence-corrected chi connectivity index (χ2v) is 11.7. The predicted molar refractivity (Wildman–Crippen MR) is 164 cm³/mol. The smallest absolute Gasteiger partial charge is 0.436 e. The molecule has 220 valence electrons. The summed E-state index contributed by atoms with van der Waals surface area (Å²) in [6.45, 7) is 7.58. The second kappa shape index (κ2) is 11.8. The third-order valence-electron chi connectivity index (χ3n) is 7.44. The van der Waals surface area contributed by atoms with Crippen LogP contribution in [0.2, 0.25) is 0 Å². The van der Waals surface area contributed by atoms with Crippen LogP contribution in [0.15, 0.2) is 89.9 Å². The van der Waals surface area contributed by atoms with Crippen LogP contribution in [0.1, 0.15) is 83.5 Å². The molecular formula is C35H34FN3O4. The van der Waals surface area contributed by atoms with E-state index in [-0.39, 0.29) is 30.0 Å². The molecule has 7 nitrogen and oxygen atoms in total. The van der Waals surface area contributed by atoms with E-state index in [0.29, 0.717) is 11.1 Å². The van der Waals surface area contributed by atoms with Crippen LogP contribution in [0.25, 0.3) is 11.1 Å². The summed E-state index contributed by atoms with van der Waals surface area (Å²) in [6.07, 6.45) is -1.57. The van der Waals surface area contributed by atoms with E-state index in [2.05, 4.69) is 17.2 Å². The highest BCUT2D eigenvalue weighted by molar-refractivity contribution is 6.02. The highest BCUT2D eigenvalue weighted by atomic mass is 19.1. The number of ether oxygens (including phenoxy) is 1. The molecular weight excluding hydrogens is 545 g/mol. The van der Waals surface area contributed by atoms with Gasteiger partial charge in [-0.25, -0.2) is 9.18 Å². The molecule has 0 bridgehead atoms. The number of hydrogen-bond donors (Lipinski definition) is 3. The number of aliphatic hydroxyl groups excluding tert-OH is 1. The summed E-state index contributed by atoms with van der Waals surface area (Å²) in [7, 11) is 0. The average Bonchev–Trinajstić information content (AvgIpc) is 2.97. The van der Waals surface area contributed by atoms with Gasteiger partial charge in [-0.3, -0.25) is 4.79 Å². The lowest BCUT2D eigenvalue weighted by Crippen LogP contribution is -2.25. The maximum absolute atomic E-state index is 13.4. The van der Waals surface area contributed by atoms with Crippen molar-refractivity contribution in [2.45, 2.75) is 51.9 Å². The number of aliphatic hydroxyl groups is 1. The van der Waals surface area contributed by atoms with Crippen molar-refractivity contribution in [1.29, 1.82) is 0 Å². The molecule has 0 unspecified atom stereocenters. The first-order valence-electron chi connectivity index (χ1n) is 14.1. The number of amides is 2. The molecule has 4 aromatic carbocycles. The molecule has 0 saturated carbocycles. The monoisotopic (exact) mass is 579 g/mol. The SMILES string of the molecule is C[C@H]1c2cc(C(=O)NCc3ccc(C(N)=NC(=O)OC(C)(C)C)cc3)ccc2[C@@H](O)c2ccc(-c3ccc(F)cc3)cc21. The molecule has 0 radical (unpaired) electrons. The van der Waals surface area contributed by atoms with Crippen molar-refractivity contribution in [3.05, 3.63) is 130 Å². The zero-order chi connectivity index (χ0) is 30.9. The Balaban J connectivity index is 1.28. The van der Waals surface area contributed by atoms with Crippen LogP contribution < -0.4 is 11.1 Å². The molecule has 1 aliphatic carbocycles. The first-order chi connectivity index (χ1) is 20.4. The van der Waals surface area contributed by atoms with Crippen LogP contribution >= 0.6 is 0 Å². The highest BCUT2D eigenvalue weighted by Gasteiger charge is 2.30. The van der Waals surface area contributed by atoms with Crippen molar-refractivity contribution < 1.29 is 23.8 Å². The topological polar surface area (TPSA) is 114 Å². The Morgan fingerprint density at radius 3 is 2.09 bits per heavy atom. The minimum Gasteiger partial charge on any atom is -0.442 e. The predicted octanol–water partition coefficient (Wildman–Crippen LogP) is 6.61. The third kappa shape index (κ3) is 6.65. The van der Waals surface area contributed by atoms with Crippen molar-refractivity contribution >= 4 is 17.8 Å². The summed E-state index contributed by atoms with van der Waals surface area (Å²) in [4.78, 5) is 28.8. The minimum absolute atomic E-state index is 0.0431. The van der Waals surface area contributed by atoms with Gasteiger partial charge < -0.3 is 20.9 Å². The number of amidine groups is 1. The van der Waals surface area contributed by atoms with Gasteiger partial charge in [-0.15, -0.1) is 0 Å². The number of nitrogens with zero attached hydrogens (tertiary/aromatic N) is 1. The number of carbonyl (C=O) groups is 2. The van der Waals surface area contributed by atoms with E-state index < -0.39 is 17.8 Å². The summed E-state index contributed by atoms with van der Waals surface area (Å²) < 4.78 is 18.6. The molecule has 0 spiro atoms. The van der Waals surface area contributed by atoms with E-state index in [1.54, 1.807) is 63.2 Å². The molecule has 0 aliphatic heterocycles. The maximum atomic E-state index is 13.4. The summed E-state index contributed by atoms with van der Waals surface area (Å²) in [5.74, 6) is -0.564. The number of carbonyl (C=O) groups excluding carboxylic acids is 2. The largest absolute Gasteiger partial charge is 0.442 e. The van der Waals surface area contributed by atoms with Crippen molar-refractivity contribution in [1.82, 2.24) is 5.32 Å². The Bertz CT molecular complexity index is 1710. The molecule has 1 aliphatic rings. The van der Waals surface area contributed by atoms with Crippen molar-refractivity contribution in [2.24, 2.45) is 10.7 Å². The molecule has 4 aromatic rings. The fourth-order valence-electron chi connectivity index (χ4n) is 5.22. The molecule has 0 fully saturated rings. The van der Waals surface area contributed by atoms with Gasteiger partial charge in [-0.05, 0) is 84.0 Å². The fraction of sp³-hybridized carbons (Fsp3) is 0.229. The van der Waals surface area contributed by atoms with Crippen LogP contribution in [0.4, 0.5) is 9.18 Å². The molecule has 2 amide bonds. The Labute approximate surface area is 250 Å². The lowest BCUT2D eigenvalue weighted by molar-refractivity contribution is 0.0604. The number of nitrogens with one attached hydrogen (secondary N) is 1. The van der Waals surface area contributed by atoms with Gasteiger partial charge in [-0.2, -0.15) is 4.99 Å². The molecule has 0 heterocycles. The maximum Gasteiger partial charge on any atom is 0.436 e. The zero-order valence-electron chi connectivity index (χ0n) is 24.5. The van der Waals surface area contributed by atoms with Crippen molar-refractivity contribution in [2.75, 3.05) is 0 Å². The molecule has 0 aromatic heterocycles. The normalized spacial score (nSPS) is 16.2. The van der Waals surface area contributed by atoms with Crippen LogP contribution in [0, 0.1) is 5.82 Å². The van der Waals surface area contributed by atoms with Crippen LogP contribution in [-0.2, 0) is 11.3 Å². The van der Waals surface area contributed by atoms with E-state index in [9.17, 15) is 19.1 Å². The Hall–Kier alpha value is -4.82. The van der Waals surface area contributed by atoms with E-state index >= 15 is 0 Å². The Morgan fingerprint density at radius 1 is 0.860 bits per heavy atom. The summed E-state index contributed by atoms with van der Waals surface area (Å²) >= 11 is 0. The molecule has 5 rings (SSSR count). The first-order valence-corrected chi connectivity index (χ1v) is 14.1. The lowest BCUT2D eigenvalue weighted by atomic mass is 9.76. The Kier molecular flexibility index (Phi) is 8.15. The van der Waals surface area contributed by atoms with Crippen LogP contribution in [-0.4, -0.2) is 28.5 Å². The van der Waals surface area contributed by atoms with E-state index in [0.717, 1.165) is 38.9 Å². The number of fused-ring (bicyclic) bond motifs is 2. The first kappa shape index (κ1) is 29.7. The zero-order valence-corrected chi connectivity index (χ0v) is 24.5. The van der Waals surface area contributed by atoms with Crippen LogP contribution in [0.5, 0.6) is 0 Å². The number of rotatable bonds is 5. The van der Waals surface area contributed by atoms with Crippen molar-refractivity contribution in [3.8, 4) is 11.1 Å². The van der Waals surface area contributed by atoms with Gasteiger partial charge in [0.1, 0.15) is 23.4 Å². The van der Waals surface area contributed by atoms with Gasteiger partial charge in [0, 0.05) is 23.6 Å². The standard InChI is InChI=1S/C35H34FN3O4/c1-20-29-17-24(22-9-13-26(36)14-10-22)11-15-27(29)31(40)28-16-12-25(18-30(20)28)33(41)38-19-21-5-7-23(8-6-21)32(37)39-34(42)43-35(2,3)4/h5-18,20,31,40H,19H2,1-4H3,(H,38,41)(H2,37,39,42)/t20-,31+/m1/s1. The summed E-state index contributed by atoms with van der Waals surface area (Å²) in [5, 5.41) is 14.1. The number of benzene rings is 4. The van der Waals surface area contributed by atoms with E-state index in [4.69, 9.17) is 10.5 Å². The minimum atomic E-state index is -0.814. The van der Waals surface area contributed by atoms with Gasteiger partial charge in [0.25, 0.3) is 5.91 Å². The van der Waals surface area contributed by atoms with Gasteiger partial charge in [0.05, 0.1) is 0 Å². The molecule has 8 heteroatoms. The number of hydrogen-bond acceptors (Lipinski definition) is 4. The molecule has 0 saturated heterocycles. The van der Waals surface area contributed by atoms with Gasteiger partial charge >= 0.3 is 6.09 Å². The van der Waals surface area contributed by atoms with E-state index in [1.165, 1.54) is 12.1 Å². The number of halogens is 1. The lowest BCUT2D eigenvalue weighted by Gasteiger charge is -2.30. The third-order valence-corrected chi connectivity index (χ3v) is 7.44. The quantitative estimate of drug-likeness (QED) is 0.182. The fourth-order valence-corrected chi connectivity index (χ4v) is 5.22. The van der Waals surface area contributed by atoms with Gasteiger partial charge in [0.2, 0.25) is 0 Å².